The second-order valence-electron chi connectivity index (χ2n) is 7.67. The van der Waals surface area contributed by atoms with Gasteiger partial charge in [-0.2, -0.15) is 23.1 Å². The van der Waals surface area contributed by atoms with Crippen molar-refractivity contribution in [3.63, 3.8) is 0 Å². The minimum atomic E-state index is -4.75. The quantitative estimate of drug-likeness (QED) is 0.769. The topological polar surface area (TPSA) is 57.1 Å². The zero-order chi connectivity index (χ0) is 19.8. The summed E-state index contributed by atoms with van der Waals surface area (Å²) in [6, 6.07) is 4.98. The fourth-order valence-electron chi connectivity index (χ4n) is 2.00. The number of alkyl halides is 3. The van der Waals surface area contributed by atoms with E-state index >= 15 is 0 Å². The lowest BCUT2D eigenvalue weighted by molar-refractivity contribution is -0.142. The molecule has 0 fully saturated rings. The molecule has 0 spiro atoms. The third-order valence-corrected chi connectivity index (χ3v) is 2.83. The molecule has 5 nitrogen and oxygen atoms in total. The second kappa shape index (κ2) is 6.74. The van der Waals surface area contributed by atoms with Crippen LogP contribution in [0.25, 0.3) is 11.5 Å². The molecule has 0 saturated carbocycles. The van der Waals surface area contributed by atoms with Gasteiger partial charge in [0, 0.05) is 6.20 Å². The van der Waals surface area contributed by atoms with Gasteiger partial charge in [-0.05, 0) is 53.7 Å². The summed E-state index contributed by atoms with van der Waals surface area (Å²) in [5, 5.41) is 0. The number of ether oxygens (including phenoxy) is 2. The van der Waals surface area contributed by atoms with E-state index in [0.29, 0.717) is 5.69 Å². The molecule has 8 heteroatoms. The highest BCUT2D eigenvalue weighted by Gasteiger charge is 2.43. The maximum atomic E-state index is 13.7. The molecule has 0 saturated heterocycles. The normalized spacial score (nSPS) is 12.8. The molecule has 0 radical (unpaired) electrons. The molecule has 0 aliphatic rings. The summed E-state index contributed by atoms with van der Waals surface area (Å²) in [6.07, 6.45) is -3.24. The first kappa shape index (κ1) is 19.9. The molecule has 0 bridgehead atoms. The van der Waals surface area contributed by atoms with Crippen LogP contribution in [-0.4, -0.2) is 26.2 Å². The Kier molecular flexibility index (Phi) is 5.17. The first-order valence-corrected chi connectivity index (χ1v) is 8.05. The molecule has 2 aromatic rings. The van der Waals surface area contributed by atoms with Gasteiger partial charge in [-0.1, -0.05) is 6.07 Å². The van der Waals surface area contributed by atoms with E-state index in [9.17, 15) is 13.2 Å². The van der Waals surface area contributed by atoms with E-state index in [2.05, 4.69) is 15.0 Å². The van der Waals surface area contributed by atoms with Crippen molar-refractivity contribution in [3.05, 3.63) is 30.0 Å². The molecule has 0 amide bonds. The van der Waals surface area contributed by atoms with Crippen LogP contribution in [0.1, 0.15) is 47.1 Å². The lowest BCUT2D eigenvalue weighted by Gasteiger charge is -2.27. The van der Waals surface area contributed by atoms with Gasteiger partial charge in [-0.25, -0.2) is 0 Å². The summed E-state index contributed by atoms with van der Waals surface area (Å²) in [4.78, 5) is 12.1. The van der Waals surface area contributed by atoms with Crippen molar-refractivity contribution >= 4 is 0 Å². The van der Waals surface area contributed by atoms with Crippen LogP contribution in [-0.2, 0) is 6.18 Å². The van der Waals surface area contributed by atoms with Gasteiger partial charge in [0.05, 0.1) is 0 Å². The van der Waals surface area contributed by atoms with Crippen molar-refractivity contribution in [2.24, 2.45) is 0 Å². The Bertz CT molecular complexity index is 727. The Morgan fingerprint density at radius 1 is 0.808 bits per heavy atom. The number of hydrogen-bond donors (Lipinski definition) is 0. The van der Waals surface area contributed by atoms with Crippen LogP contribution in [0.5, 0.6) is 11.8 Å². The number of pyridine rings is 1. The number of halogens is 3. The summed E-state index contributed by atoms with van der Waals surface area (Å²) in [7, 11) is 0. The number of nitrogens with zero attached hydrogens (tertiary/aromatic N) is 3. The molecule has 2 rings (SSSR count). The number of aromatic nitrogens is 3. The molecule has 0 aliphatic heterocycles. The van der Waals surface area contributed by atoms with E-state index in [0.717, 1.165) is 0 Å². The van der Waals surface area contributed by atoms with Gasteiger partial charge in [0.2, 0.25) is 11.8 Å². The van der Waals surface area contributed by atoms with Crippen molar-refractivity contribution in [2.75, 3.05) is 0 Å². The second-order valence-corrected chi connectivity index (χ2v) is 7.67. The summed E-state index contributed by atoms with van der Waals surface area (Å²) in [5.74, 6) is -1.17. The molecular formula is C18H22F3N3O2. The molecular weight excluding hydrogens is 347 g/mol. The Labute approximate surface area is 150 Å². The number of hydrogen-bond acceptors (Lipinski definition) is 5. The van der Waals surface area contributed by atoms with E-state index in [4.69, 9.17) is 9.47 Å². The predicted molar refractivity (Wildman–Crippen MR) is 91.0 cm³/mol. The summed E-state index contributed by atoms with van der Waals surface area (Å²) < 4.78 is 52.2. The largest absolute Gasteiger partial charge is 0.471 e. The molecule has 0 aliphatic carbocycles. The lowest BCUT2D eigenvalue weighted by atomic mass is 10.1. The van der Waals surface area contributed by atoms with Crippen LogP contribution in [0.15, 0.2) is 24.4 Å². The average Bonchev–Trinajstić information content (AvgIpc) is 2.42. The van der Waals surface area contributed by atoms with Gasteiger partial charge in [-0.3, -0.25) is 4.98 Å². The van der Waals surface area contributed by atoms with Crippen LogP contribution in [0.4, 0.5) is 13.2 Å². The third-order valence-electron chi connectivity index (χ3n) is 2.83. The van der Waals surface area contributed by atoms with E-state index < -0.39 is 34.7 Å². The molecule has 0 atom stereocenters. The molecule has 0 unspecified atom stereocenters. The summed E-state index contributed by atoms with van der Waals surface area (Å²) >= 11 is 0. The molecule has 0 aromatic carbocycles. The highest BCUT2D eigenvalue weighted by molar-refractivity contribution is 5.53. The highest BCUT2D eigenvalue weighted by atomic mass is 19.4. The first-order chi connectivity index (χ1) is 11.8. The van der Waals surface area contributed by atoms with E-state index in [1.54, 1.807) is 59.7 Å². The minimum Gasteiger partial charge on any atom is -0.471 e. The maximum absolute atomic E-state index is 13.7. The average molecular weight is 369 g/mol. The van der Waals surface area contributed by atoms with Gasteiger partial charge in [0.15, 0.2) is 11.4 Å². The highest BCUT2D eigenvalue weighted by Crippen LogP contribution is 2.43. The van der Waals surface area contributed by atoms with Crippen molar-refractivity contribution in [3.8, 4) is 23.3 Å². The Hall–Kier alpha value is -2.38. The minimum absolute atomic E-state index is 0.00269. The standard InChI is InChI=1S/C18H22F3N3O2/c1-16(2,3)25-14-12(18(19,20)21)15(26-17(4,5)6)24-13(23-14)11-9-7-8-10-22-11/h7-10H,1-6H3. The van der Waals surface area contributed by atoms with Gasteiger partial charge in [-0.15, -0.1) is 0 Å². The fourth-order valence-corrected chi connectivity index (χ4v) is 2.00. The zero-order valence-corrected chi connectivity index (χ0v) is 15.6. The Balaban J connectivity index is 2.75. The molecule has 142 valence electrons. The van der Waals surface area contributed by atoms with Gasteiger partial charge in [0.1, 0.15) is 16.9 Å². The van der Waals surface area contributed by atoms with E-state index in [-0.39, 0.29) is 5.82 Å². The lowest BCUT2D eigenvalue weighted by Crippen LogP contribution is -2.29. The van der Waals surface area contributed by atoms with E-state index in [1.165, 1.54) is 6.20 Å². The third kappa shape index (κ3) is 5.31. The van der Waals surface area contributed by atoms with Gasteiger partial charge < -0.3 is 9.47 Å². The van der Waals surface area contributed by atoms with Crippen LogP contribution in [0, 0.1) is 0 Å². The molecule has 2 heterocycles. The van der Waals surface area contributed by atoms with Gasteiger partial charge in [0.25, 0.3) is 0 Å². The maximum Gasteiger partial charge on any atom is 0.426 e. The summed E-state index contributed by atoms with van der Waals surface area (Å²) in [6.45, 7) is 9.83. The number of rotatable bonds is 3. The summed E-state index contributed by atoms with van der Waals surface area (Å²) in [5.41, 5.74) is -2.61. The predicted octanol–water partition coefficient (Wildman–Crippen LogP) is 4.91. The van der Waals surface area contributed by atoms with Crippen LogP contribution >= 0.6 is 0 Å². The first-order valence-electron chi connectivity index (χ1n) is 8.05. The Morgan fingerprint density at radius 2 is 1.31 bits per heavy atom. The Morgan fingerprint density at radius 3 is 1.65 bits per heavy atom. The SMILES string of the molecule is CC(C)(C)Oc1nc(-c2ccccn2)nc(OC(C)(C)C)c1C(F)(F)F. The fraction of sp³-hybridized carbons (Fsp3) is 0.500. The molecule has 26 heavy (non-hydrogen) atoms. The van der Waals surface area contributed by atoms with Crippen molar-refractivity contribution in [1.29, 1.82) is 0 Å². The van der Waals surface area contributed by atoms with E-state index in [1.807, 2.05) is 0 Å². The van der Waals surface area contributed by atoms with Crippen molar-refractivity contribution in [2.45, 2.75) is 58.9 Å². The van der Waals surface area contributed by atoms with Crippen molar-refractivity contribution in [1.82, 2.24) is 15.0 Å². The van der Waals surface area contributed by atoms with Gasteiger partial charge >= 0.3 is 6.18 Å². The molecule has 2 aromatic heterocycles. The monoisotopic (exact) mass is 369 g/mol. The smallest absolute Gasteiger partial charge is 0.426 e. The molecule has 0 N–H and O–H groups in total. The van der Waals surface area contributed by atoms with Crippen molar-refractivity contribution < 1.29 is 22.6 Å². The van der Waals surface area contributed by atoms with Crippen LogP contribution in [0.2, 0.25) is 0 Å². The van der Waals surface area contributed by atoms with Crippen LogP contribution < -0.4 is 9.47 Å². The zero-order valence-electron chi connectivity index (χ0n) is 15.6. The van der Waals surface area contributed by atoms with Crippen LogP contribution in [0.3, 0.4) is 0 Å².